The van der Waals surface area contributed by atoms with Crippen LogP contribution in [0.25, 0.3) is 0 Å². The zero-order chi connectivity index (χ0) is 18.7. The topological polar surface area (TPSA) is 102 Å². The molecular formula is C18H25FN4O3. The Balaban J connectivity index is 1.57. The highest BCUT2D eigenvalue weighted by Crippen LogP contribution is 2.28. The van der Waals surface area contributed by atoms with Crippen LogP contribution in [0, 0.1) is 21.8 Å². The number of nitrogen functional groups attached to an aromatic ring is 1. The molecule has 8 heteroatoms. The van der Waals surface area contributed by atoms with Gasteiger partial charge in [0.2, 0.25) is 0 Å². The molecule has 1 aliphatic carbocycles. The van der Waals surface area contributed by atoms with Crippen LogP contribution < -0.4 is 11.1 Å². The van der Waals surface area contributed by atoms with Gasteiger partial charge in [-0.15, -0.1) is 0 Å². The number of anilines is 1. The summed E-state index contributed by atoms with van der Waals surface area (Å²) in [6.07, 6.45) is 6.92. The van der Waals surface area contributed by atoms with E-state index in [1.54, 1.807) is 0 Å². The molecule has 2 aliphatic rings. The van der Waals surface area contributed by atoms with Crippen molar-refractivity contribution < 1.29 is 14.1 Å². The largest absolute Gasteiger partial charge is 0.393 e. The van der Waals surface area contributed by atoms with Gasteiger partial charge >= 0.3 is 0 Å². The fourth-order valence-electron chi connectivity index (χ4n) is 4.02. The number of nitrogens with zero attached hydrogens (tertiary/aromatic N) is 2. The summed E-state index contributed by atoms with van der Waals surface area (Å²) >= 11 is 0. The summed E-state index contributed by atoms with van der Waals surface area (Å²) in [5.41, 5.74) is 4.64. The third kappa shape index (κ3) is 4.30. The Hall–Kier alpha value is -2.22. The normalized spacial score (nSPS) is 19.6. The van der Waals surface area contributed by atoms with Gasteiger partial charge in [0, 0.05) is 25.7 Å². The molecule has 0 bridgehead atoms. The Bertz CT molecular complexity index is 683. The Kier molecular flexibility index (Phi) is 5.70. The van der Waals surface area contributed by atoms with E-state index in [1.807, 2.05) is 0 Å². The van der Waals surface area contributed by atoms with Crippen molar-refractivity contribution in [1.82, 2.24) is 10.2 Å². The molecule has 1 aliphatic heterocycles. The highest BCUT2D eigenvalue weighted by molar-refractivity contribution is 6.01. The number of carbonyl (C=O) groups is 1. The van der Waals surface area contributed by atoms with Gasteiger partial charge in [0.1, 0.15) is 11.5 Å². The van der Waals surface area contributed by atoms with Gasteiger partial charge in [0.25, 0.3) is 11.6 Å². The highest BCUT2D eigenvalue weighted by atomic mass is 19.1. The van der Waals surface area contributed by atoms with Crippen LogP contribution >= 0.6 is 0 Å². The molecule has 26 heavy (non-hydrogen) atoms. The maximum absolute atomic E-state index is 13.6. The van der Waals surface area contributed by atoms with Crippen molar-refractivity contribution in [1.29, 1.82) is 0 Å². The number of benzene rings is 1. The number of rotatable bonds is 5. The molecule has 1 saturated carbocycles. The molecule has 0 spiro atoms. The lowest BCUT2D eigenvalue weighted by molar-refractivity contribution is -0.384. The van der Waals surface area contributed by atoms with Crippen molar-refractivity contribution in [3.8, 4) is 0 Å². The van der Waals surface area contributed by atoms with E-state index in [0.717, 1.165) is 50.5 Å². The zero-order valence-electron chi connectivity index (χ0n) is 14.7. The van der Waals surface area contributed by atoms with E-state index >= 15 is 0 Å². The number of carbonyl (C=O) groups excluding carboxylic acids is 1. The number of amides is 1. The van der Waals surface area contributed by atoms with Crippen molar-refractivity contribution in [2.75, 3.05) is 25.4 Å². The van der Waals surface area contributed by atoms with Crippen LogP contribution in [0.1, 0.15) is 48.9 Å². The lowest BCUT2D eigenvalue weighted by Crippen LogP contribution is -2.45. The Morgan fingerprint density at radius 2 is 1.92 bits per heavy atom. The van der Waals surface area contributed by atoms with Crippen LogP contribution in [0.15, 0.2) is 12.1 Å². The SMILES string of the molecule is Nc1c(C(=O)NC2CCN(CC3CCCC3)CC2)cc(F)cc1[N+](=O)[O-]. The summed E-state index contributed by atoms with van der Waals surface area (Å²) in [5, 5.41) is 13.8. The summed E-state index contributed by atoms with van der Waals surface area (Å²) in [4.78, 5) is 25.0. The number of nitrogens with two attached hydrogens (primary N) is 1. The number of hydrogen-bond acceptors (Lipinski definition) is 5. The summed E-state index contributed by atoms with van der Waals surface area (Å²) < 4.78 is 13.6. The Morgan fingerprint density at radius 3 is 2.54 bits per heavy atom. The lowest BCUT2D eigenvalue weighted by atomic mass is 10.0. The molecule has 3 rings (SSSR count). The molecule has 1 aromatic rings. The van der Waals surface area contributed by atoms with Crippen molar-refractivity contribution in [2.24, 2.45) is 5.92 Å². The predicted molar refractivity (Wildman–Crippen MR) is 96.4 cm³/mol. The van der Waals surface area contributed by atoms with Crippen LogP contribution in [0.2, 0.25) is 0 Å². The van der Waals surface area contributed by atoms with Gasteiger partial charge in [-0.1, -0.05) is 12.8 Å². The summed E-state index contributed by atoms with van der Waals surface area (Å²) in [6.45, 7) is 2.96. The molecular weight excluding hydrogens is 339 g/mol. The van der Waals surface area contributed by atoms with Gasteiger partial charge in [0.05, 0.1) is 16.6 Å². The minimum absolute atomic E-state index is 0.0240. The maximum atomic E-state index is 13.6. The van der Waals surface area contributed by atoms with E-state index in [0.29, 0.717) is 0 Å². The molecule has 7 nitrogen and oxygen atoms in total. The van der Waals surface area contributed by atoms with Crippen molar-refractivity contribution in [3.05, 3.63) is 33.6 Å². The Morgan fingerprint density at radius 1 is 1.27 bits per heavy atom. The van der Waals surface area contributed by atoms with E-state index < -0.39 is 22.3 Å². The predicted octanol–water partition coefficient (Wildman–Crippen LogP) is 2.70. The number of nitro benzene ring substituents is 1. The molecule has 2 fully saturated rings. The van der Waals surface area contributed by atoms with E-state index in [1.165, 1.54) is 25.7 Å². The standard InChI is InChI=1S/C18H25FN4O3/c19-13-9-15(17(20)16(10-13)23(25)26)18(24)21-14-5-7-22(8-6-14)11-12-3-1-2-4-12/h9-10,12,14H,1-8,11,20H2,(H,21,24). The monoisotopic (exact) mass is 364 g/mol. The molecule has 0 aromatic heterocycles. The molecule has 0 unspecified atom stereocenters. The molecule has 1 aromatic carbocycles. The summed E-state index contributed by atoms with van der Waals surface area (Å²) in [5.74, 6) is -0.601. The van der Waals surface area contributed by atoms with Gasteiger partial charge in [-0.3, -0.25) is 14.9 Å². The molecule has 1 saturated heterocycles. The molecule has 142 valence electrons. The Labute approximate surface area is 151 Å². The molecule has 0 radical (unpaired) electrons. The summed E-state index contributed by atoms with van der Waals surface area (Å²) in [6, 6.07) is 1.66. The van der Waals surface area contributed by atoms with Gasteiger partial charge in [-0.2, -0.15) is 0 Å². The van der Waals surface area contributed by atoms with Crippen LogP contribution in [0.3, 0.4) is 0 Å². The maximum Gasteiger partial charge on any atom is 0.295 e. The van der Waals surface area contributed by atoms with E-state index in [9.17, 15) is 19.3 Å². The number of likely N-dealkylation sites (tertiary alicyclic amines) is 1. The van der Waals surface area contributed by atoms with Gasteiger partial charge in [-0.05, 0) is 37.7 Å². The molecule has 3 N–H and O–H groups in total. The summed E-state index contributed by atoms with van der Waals surface area (Å²) in [7, 11) is 0. The van der Waals surface area contributed by atoms with Crippen molar-refractivity contribution in [3.63, 3.8) is 0 Å². The second-order valence-electron chi connectivity index (χ2n) is 7.34. The first-order valence-electron chi connectivity index (χ1n) is 9.20. The quantitative estimate of drug-likeness (QED) is 0.475. The van der Waals surface area contributed by atoms with Crippen LogP contribution in [-0.2, 0) is 0 Å². The second kappa shape index (κ2) is 7.99. The van der Waals surface area contributed by atoms with Gasteiger partial charge in [0.15, 0.2) is 0 Å². The second-order valence-corrected chi connectivity index (χ2v) is 7.34. The zero-order valence-corrected chi connectivity index (χ0v) is 14.7. The lowest BCUT2D eigenvalue weighted by Gasteiger charge is -2.33. The van der Waals surface area contributed by atoms with Gasteiger partial charge in [-0.25, -0.2) is 4.39 Å². The van der Waals surface area contributed by atoms with E-state index in [2.05, 4.69) is 10.2 Å². The number of nitrogens with one attached hydrogen (secondary N) is 1. The molecule has 1 heterocycles. The fraction of sp³-hybridized carbons (Fsp3) is 0.611. The minimum Gasteiger partial charge on any atom is -0.393 e. The minimum atomic E-state index is -0.845. The number of hydrogen-bond donors (Lipinski definition) is 2. The number of piperidine rings is 1. The average Bonchev–Trinajstić information content (AvgIpc) is 3.11. The van der Waals surface area contributed by atoms with Crippen molar-refractivity contribution >= 4 is 17.3 Å². The number of nitro groups is 1. The third-order valence-electron chi connectivity index (χ3n) is 5.48. The smallest absolute Gasteiger partial charge is 0.295 e. The molecule has 1 amide bonds. The first-order chi connectivity index (χ1) is 12.4. The van der Waals surface area contributed by atoms with Gasteiger partial charge < -0.3 is 16.0 Å². The van der Waals surface area contributed by atoms with Crippen LogP contribution in [0.4, 0.5) is 15.8 Å². The van der Waals surface area contributed by atoms with E-state index in [-0.39, 0.29) is 17.3 Å². The van der Waals surface area contributed by atoms with Crippen molar-refractivity contribution in [2.45, 2.75) is 44.6 Å². The number of halogens is 1. The van der Waals surface area contributed by atoms with Crippen LogP contribution in [0.5, 0.6) is 0 Å². The highest BCUT2D eigenvalue weighted by Gasteiger charge is 2.26. The first-order valence-corrected chi connectivity index (χ1v) is 9.20. The average molecular weight is 364 g/mol. The molecule has 0 atom stereocenters. The fourth-order valence-corrected chi connectivity index (χ4v) is 4.02. The third-order valence-corrected chi connectivity index (χ3v) is 5.48. The van der Waals surface area contributed by atoms with Crippen LogP contribution in [-0.4, -0.2) is 41.4 Å². The van der Waals surface area contributed by atoms with E-state index in [4.69, 9.17) is 5.73 Å². The first kappa shape index (κ1) is 18.6.